The largest absolute Gasteiger partial charge is 0.477 e. The molecule has 0 aromatic carbocycles. The van der Waals surface area contributed by atoms with E-state index in [1.54, 1.807) is 6.20 Å². The van der Waals surface area contributed by atoms with E-state index < -0.39 is 0 Å². The van der Waals surface area contributed by atoms with E-state index >= 15 is 0 Å². The van der Waals surface area contributed by atoms with E-state index in [1.807, 2.05) is 17.0 Å². The van der Waals surface area contributed by atoms with Crippen LogP contribution in [0, 0.1) is 17.8 Å². The predicted octanol–water partition coefficient (Wildman–Crippen LogP) is 2.17. The number of carbonyl (C=O) groups is 1. The summed E-state index contributed by atoms with van der Waals surface area (Å²) in [5, 5.41) is 13.4. The third-order valence-electron chi connectivity index (χ3n) is 6.13. The topological polar surface area (TPSA) is 74.7 Å². The van der Waals surface area contributed by atoms with Gasteiger partial charge in [-0.25, -0.2) is 9.78 Å². The number of urea groups is 1. The number of fused-ring (bicyclic) bond motifs is 1. The van der Waals surface area contributed by atoms with Gasteiger partial charge in [0.25, 0.3) is 0 Å². The second kappa shape index (κ2) is 6.83. The molecule has 6 heteroatoms. The van der Waals surface area contributed by atoms with E-state index in [9.17, 15) is 9.90 Å². The van der Waals surface area contributed by atoms with Crippen LogP contribution in [0.4, 0.5) is 4.79 Å². The molecule has 0 spiro atoms. The average molecular weight is 345 g/mol. The maximum atomic E-state index is 12.7. The van der Waals surface area contributed by atoms with Gasteiger partial charge in [0.05, 0.1) is 18.8 Å². The zero-order valence-corrected chi connectivity index (χ0v) is 14.7. The Morgan fingerprint density at radius 1 is 1.44 bits per heavy atom. The van der Waals surface area contributed by atoms with Crippen molar-refractivity contribution in [1.82, 2.24) is 15.2 Å². The Morgan fingerprint density at radius 2 is 2.32 bits per heavy atom. The summed E-state index contributed by atoms with van der Waals surface area (Å²) in [6.07, 6.45) is 5.57. The number of nitrogens with zero attached hydrogens (tertiary/aromatic N) is 2. The number of unbranched alkanes of at least 4 members (excludes halogenated alkanes) is 1. The van der Waals surface area contributed by atoms with Crippen molar-refractivity contribution in [3.63, 3.8) is 0 Å². The number of hydrogen-bond acceptors (Lipinski definition) is 4. The van der Waals surface area contributed by atoms with Gasteiger partial charge in [-0.2, -0.15) is 0 Å². The van der Waals surface area contributed by atoms with E-state index in [4.69, 9.17) is 4.74 Å². The van der Waals surface area contributed by atoms with E-state index in [0.717, 1.165) is 37.8 Å². The highest BCUT2D eigenvalue weighted by atomic mass is 16.5. The van der Waals surface area contributed by atoms with Crippen LogP contribution in [0.1, 0.15) is 38.2 Å². The van der Waals surface area contributed by atoms with Gasteiger partial charge in [0.1, 0.15) is 0 Å². The quantitative estimate of drug-likeness (QED) is 0.775. The lowest BCUT2D eigenvalue weighted by molar-refractivity contribution is 0.0608. The van der Waals surface area contributed by atoms with Crippen LogP contribution < -0.4 is 10.1 Å². The molecule has 136 valence electrons. The number of amides is 2. The summed E-state index contributed by atoms with van der Waals surface area (Å²) >= 11 is 0. The Labute approximate surface area is 148 Å². The highest BCUT2D eigenvalue weighted by Crippen LogP contribution is 2.54. The third-order valence-corrected chi connectivity index (χ3v) is 6.13. The predicted molar refractivity (Wildman–Crippen MR) is 93.1 cm³/mol. The molecule has 2 saturated carbocycles. The van der Waals surface area contributed by atoms with Gasteiger partial charge in [-0.15, -0.1) is 0 Å². The number of carbonyl (C=O) groups excluding carboxylic acids is 1. The molecular weight excluding hydrogens is 318 g/mol. The molecule has 2 aliphatic carbocycles. The molecule has 1 aliphatic heterocycles. The minimum atomic E-state index is -0.346. The third kappa shape index (κ3) is 2.97. The Balaban J connectivity index is 1.37. The molecule has 2 N–H and O–H groups in total. The first-order chi connectivity index (χ1) is 12.2. The van der Waals surface area contributed by atoms with Crippen LogP contribution >= 0.6 is 0 Å². The number of aliphatic hydroxyl groups excluding tert-OH is 1. The first-order valence-electron chi connectivity index (χ1n) is 9.48. The van der Waals surface area contributed by atoms with Gasteiger partial charge in [-0.05, 0) is 43.1 Å². The van der Waals surface area contributed by atoms with E-state index in [1.165, 1.54) is 0 Å². The standard InChI is InChI=1S/C19H27N3O3/c1-2-3-7-25-18-12(5-4-6-20-18)10-21-19(24)22-11-14-8-13-9-15(14)16(22)17(13)23/h4-6,13-17,23H,2-3,7-11H2,1H3,(H,21,24). The lowest BCUT2D eigenvalue weighted by Gasteiger charge is -2.29. The van der Waals surface area contributed by atoms with Crippen LogP contribution in [0.5, 0.6) is 5.88 Å². The molecule has 2 heterocycles. The second-order valence-corrected chi connectivity index (χ2v) is 7.62. The van der Waals surface area contributed by atoms with Crippen molar-refractivity contribution in [3.8, 4) is 5.88 Å². The van der Waals surface area contributed by atoms with Crippen molar-refractivity contribution in [2.24, 2.45) is 17.8 Å². The van der Waals surface area contributed by atoms with Crippen LogP contribution in [0.25, 0.3) is 0 Å². The molecule has 3 aliphatic rings. The molecule has 6 nitrogen and oxygen atoms in total. The number of hydrogen-bond donors (Lipinski definition) is 2. The molecule has 1 aromatic heterocycles. The normalized spacial score (nSPS) is 32.2. The van der Waals surface area contributed by atoms with Crippen LogP contribution in [0.2, 0.25) is 0 Å². The first kappa shape index (κ1) is 16.6. The van der Waals surface area contributed by atoms with Gasteiger partial charge in [0.15, 0.2) is 0 Å². The van der Waals surface area contributed by atoms with Gasteiger partial charge >= 0.3 is 6.03 Å². The summed E-state index contributed by atoms with van der Waals surface area (Å²) in [6, 6.07) is 3.72. The molecule has 5 unspecified atom stereocenters. The summed E-state index contributed by atoms with van der Waals surface area (Å²) < 4.78 is 5.73. The Morgan fingerprint density at radius 3 is 3.12 bits per heavy atom. The van der Waals surface area contributed by atoms with Gasteiger partial charge < -0.3 is 20.1 Å². The minimum absolute atomic E-state index is 0.0120. The van der Waals surface area contributed by atoms with Gasteiger partial charge in [0, 0.05) is 24.8 Å². The molecule has 4 rings (SSSR count). The molecule has 0 radical (unpaired) electrons. The highest BCUT2D eigenvalue weighted by molar-refractivity contribution is 5.75. The van der Waals surface area contributed by atoms with Crippen molar-refractivity contribution >= 4 is 6.03 Å². The molecule has 1 aromatic rings. The van der Waals surface area contributed by atoms with E-state index in [0.29, 0.717) is 36.8 Å². The van der Waals surface area contributed by atoms with E-state index in [2.05, 4.69) is 17.2 Å². The molecule has 2 amide bonds. The maximum absolute atomic E-state index is 12.7. The lowest BCUT2D eigenvalue weighted by Crippen LogP contribution is -2.47. The summed E-state index contributed by atoms with van der Waals surface area (Å²) in [7, 11) is 0. The van der Waals surface area contributed by atoms with Crippen molar-refractivity contribution in [3.05, 3.63) is 23.9 Å². The van der Waals surface area contributed by atoms with Gasteiger partial charge in [-0.3, -0.25) is 0 Å². The maximum Gasteiger partial charge on any atom is 0.318 e. The second-order valence-electron chi connectivity index (χ2n) is 7.62. The van der Waals surface area contributed by atoms with Crippen LogP contribution in [0.3, 0.4) is 0 Å². The summed E-state index contributed by atoms with van der Waals surface area (Å²) in [4.78, 5) is 18.8. The Kier molecular flexibility index (Phi) is 4.54. The SMILES string of the molecule is CCCCOc1ncccc1CNC(=O)N1CC2CC3CC2C1C3O. The number of aromatic nitrogens is 1. The number of nitrogens with one attached hydrogen (secondary N) is 1. The average Bonchev–Trinajstić information content (AvgIpc) is 3.23. The number of pyridine rings is 1. The number of aliphatic hydroxyl groups is 1. The Bertz CT molecular complexity index is 636. The van der Waals surface area contributed by atoms with Gasteiger partial charge in [0.2, 0.25) is 5.88 Å². The van der Waals surface area contributed by atoms with Crippen LogP contribution in [-0.2, 0) is 6.54 Å². The zero-order chi connectivity index (χ0) is 17.4. The number of likely N-dealkylation sites (tertiary alicyclic amines) is 1. The molecule has 2 bridgehead atoms. The highest BCUT2D eigenvalue weighted by Gasteiger charge is 2.59. The van der Waals surface area contributed by atoms with Crippen LogP contribution in [0.15, 0.2) is 18.3 Å². The smallest absolute Gasteiger partial charge is 0.318 e. The van der Waals surface area contributed by atoms with Crippen molar-refractivity contribution in [2.45, 2.75) is 51.3 Å². The minimum Gasteiger partial charge on any atom is -0.477 e. The van der Waals surface area contributed by atoms with Crippen molar-refractivity contribution in [2.75, 3.05) is 13.2 Å². The first-order valence-corrected chi connectivity index (χ1v) is 9.48. The fraction of sp³-hybridized carbons (Fsp3) is 0.684. The summed E-state index contributed by atoms with van der Waals surface area (Å²) in [5.74, 6) is 2.07. The van der Waals surface area contributed by atoms with Crippen molar-refractivity contribution in [1.29, 1.82) is 0 Å². The lowest BCUT2D eigenvalue weighted by atomic mass is 9.88. The molecule has 25 heavy (non-hydrogen) atoms. The van der Waals surface area contributed by atoms with Gasteiger partial charge in [-0.1, -0.05) is 19.4 Å². The van der Waals surface area contributed by atoms with Crippen LogP contribution in [-0.4, -0.2) is 46.3 Å². The number of ether oxygens (including phenoxy) is 1. The van der Waals surface area contributed by atoms with Crippen molar-refractivity contribution < 1.29 is 14.6 Å². The molecule has 3 fully saturated rings. The fourth-order valence-corrected chi connectivity index (χ4v) is 4.92. The molecule has 5 atom stereocenters. The molecular formula is C19H27N3O3. The Hall–Kier alpha value is -1.82. The fourth-order valence-electron chi connectivity index (χ4n) is 4.92. The number of rotatable bonds is 6. The summed E-state index contributed by atoms with van der Waals surface area (Å²) in [6.45, 7) is 3.93. The zero-order valence-electron chi connectivity index (χ0n) is 14.7. The molecule has 1 saturated heterocycles. The van der Waals surface area contributed by atoms with E-state index in [-0.39, 0.29) is 18.2 Å². The summed E-state index contributed by atoms with van der Waals surface area (Å²) in [5.41, 5.74) is 0.888. The monoisotopic (exact) mass is 345 g/mol.